The van der Waals surface area contributed by atoms with Crippen molar-refractivity contribution in [3.05, 3.63) is 47.8 Å². The van der Waals surface area contributed by atoms with Gasteiger partial charge in [0.25, 0.3) is 0 Å². The molecule has 78 valence electrons. The first kappa shape index (κ1) is 9.86. The van der Waals surface area contributed by atoms with Crippen LogP contribution in [0.3, 0.4) is 0 Å². The average Bonchev–Trinajstić information content (AvgIpc) is 2.68. The molecule has 1 aromatic carbocycles. The molecule has 0 aliphatic heterocycles. The fraction of sp³-hybridized carbons (Fsp3) is 0.273. The second kappa shape index (κ2) is 4.70. The molecule has 1 N–H and O–H groups in total. The lowest BCUT2D eigenvalue weighted by Gasteiger charge is -2.03. The van der Waals surface area contributed by atoms with Crippen molar-refractivity contribution < 1.29 is 5.11 Å². The van der Waals surface area contributed by atoms with Gasteiger partial charge in [-0.25, -0.2) is 4.68 Å². The van der Waals surface area contributed by atoms with E-state index in [1.165, 1.54) is 5.56 Å². The van der Waals surface area contributed by atoms with Crippen LogP contribution in [0.25, 0.3) is 0 Å². The standard InChI is InChI=1S/C11H13N3O/c15-7-6-14-11(9-12-13-14)8-10-4-2-1-3-5-10/h1-5,9,15H,6-8H2. The Labute approximate surface area is 88.2 Å². The normalized spacial score (nSPS) is 10.5. The smallest absolute Gasteiger partial charge is 0.0728 e. The molecule has 0 unspecified atom stereocenters. The van der Waals surface area contributed by atoms with Crippen LogP contribution in [0.1, 0.15) is 11.3 Å². The summed E-state index contributed by atoms with van der Waals surface area (Å²) in [6, 6.07) is 10.1. The quantitative estimate of drug-likeness (QED) is 0.801. The van der Waals surface area contributed by atoms with Crippen molar-refractivity contribution in [1.29, 1.82) is 0 Å². The zero-order chi connectivity index (χ0) is 10.5. The Balaban J connectivity index is 2.14. The van der Waals surface area contributed by atoms with E-state index in [-0.39, 0.29) is 6.61 Å². The zero-order valence-corrected chi connectivity index (χ0v) is 8.37. The fourth-order valence-electron chi connectivity index (χ4n) is 1.50. The number of hydrogen-bond donors (Lipinski definition) is 1. The Morgan fingerprint density at radius 3 is 2.73 bits per heavy atom. The Hall–Kier alpha value is -1.68. The monoisotopic (exact) mass is 203 g/mol. The van der Waals surface area contributed by atoms with E-state index < -0.39 is 0 Å². The summed E-state index contributed by atoms with van der Waals surface area (Å²) in [7, 11) is 0. The van der Waals surface area contributed by atoms with Crippen LogP contribution in [0.4, 0.5) is 0 Å². The van der Waals surface area contributed by atoms with Crippen LogP contribution in [0, 0.1) is 0 Å². The number of aromatic nitrogens is 3. The van der Waals surface area contributed by atoms with Gasteiger partial charge >= 0.3 is 0 Å². The van der Waals surface area contributed by atoms with Gasteiger partial charge in [0, 0.05) is 6.42 Å². The third-order valence-electron chi connectivity index (χ3n) is 2.24. The molecule has 1 aromatic heterocycles. The topological polar surface area (TPSA) is 50.9 Å². The van der Waals surface area contributed by atoms with Crippen molar-refractivity contribution >= 4 is 0 Å². The van der Waals surface area contributed by atoms with E-state index in [9.17, 15) is 0 Å². The molecule has 15 heavy (non-hydrogen) atoms. The minimum absolute atomic E-state index is 0.0884. The van der Waals surface area contributed by atoms with Gasteiger partial charge in [0.1, 0.15) is 0 Å². The summed E-state index contributed by atoms with van der Waals surface area (Å²) in [5, 5.41) is 16.6. The van der Waals surface area contributed by atoms with Crippen LogP contribution in [0.15, 0.2) is 36.5 Å². The number of nitrogens with zero attached hydrogens (tertiary/aromatic N) is 3. The maximum absolute atomic E-state index is 8.84. The molecule has 0 atom stereocenters. The van der Waals surface area contributed by atoms with Gasteiger partial charge in [-0.3, -0.25) is 0 Å². The molecule has 0 bridgehead atoms. The highest BCUT2D eigenvalue weighted by molar-refractivity contribution is 5.20. The molecule has 2 rings (SSSR count). The average molecular weight is 203 g/mol. The van der Waals surface area contributed by atoms with E-state index in [0.717, 1.165) is 12.1 Å². The van der Waals surface area contributed by atoms with Crippen LogP contribution in [0.2, 0.25) is 0 Å². The number of benzene rings is 1. The first-order chi connectivity index (χ1) is 7.40. The molecule has 1 heterocycles. The first-order valence-corrected chi connectivity index (χ1v) is 4.92. The Morgan fingerprint density at radius 1 is 1.20 bits per heavy atom. The molecular formula is C11H13N3O. The maximum Gasteiger partial charge on any atom is 0.0728 e. The van der Waals surface area contributed by atoms with Gasteiger partial charge in [-0.1, -0.05) is 35.5 Å². The molecule has 0 saturated carbocycles. The fourth-order valence-corrected chi connectivity index (χ4v) is 1.50. The van der Waals surface area contributed by atoms with E-state index >= 15 is 0 Å². The van der Waals surface area contributed by atoms with Gasteiger partial charge in [0.15, 0.2) is 0 Å². The lowest BCUT2D eigenvalue weighted by molar-refractivity contribution is 0.266. The van der Waals surface area contributed by atoms with Crippen LogP contribution >= 0.6 is 0 Å². The predicted molar refractivity (Wildman–Crippen MR) is 56.4 cm³/mol. The van der Waals surface area contributed by atoms with Gasteiger partial charge in [-0.05, 0) is 5.56 Å². The maximum atomic E-state index is 8.84. The number of aliphatic hydroxyl groups excluding tert-OH is 1. The zero-order valence-electron chi connectivity index (χ0n) is 8.37. The third-order valence-corrected chi connectivity index (χ3v) is 2.24. The Kier molecular flexibility index (Phi) is 3.09. The highest BCUT2D eigenvalue weighted by atomic mass is 16.3. The molecule has 0 spiro atoms. The van der Waals surface area contributed by atoms with E-state index in [4.69, 9.17) is 5.11 Å². The van der Waals surface area contributed by atoms with Crippen LogP contribution in [-0.4, -0.2) is 26.7 Å². The van der Waals surface area contributed by atoms with Crippen molar-refractivity contribution in [2.45, 2.75) is 13.0 Å². The first-order valence-electron chi connectivity index (χ1n) is 4.92. The summed E-state index contributed by atoms with van der Waals surface area (Å²) in [4.78, 5) is 0. The third kappa shape index (κ3) is 2.41. The Morgan fingerprint density at radius 2 is 2.00 bits per heavy atom. The van der Waals surface area contributed by atoms with E-state index in [2.05, 4.69) is 22.4 Å². The minimum atomic E-state index is 0.0884. The molecule has 0 saturated heterocycles. The van der Waals surface area contributed by atoms with Gasteiger partial charge < -0.3 is 5.11 Å². The second-order valence-corrected chi connectivity index (χ2v) is 3.33. The van der Waals surface area contributed by atoms with Crippen LogP contribution in [-0.2, 0) is 13.0 Å². The molecule has 2 aromatic rings. The second-order valence-electron chi connectivity index (χ2n) is 3.33. The number of rotatable bonds is 4. The summed E-state index contributed by atoms with van der Waals surface area (Å²) < 4.78 is 1.73. The highest BCUT2D eigenvalue weighted by Gasteiger charge is 2.03. The van der Waals surface area contributed by atoms with Crippen LogP contribution in [0.5, 0.6) is 0 Å². The number of aliphatic hydroxyl groups is 1. The van der Waals surface area contributed by atoms with Crippen molar-refractivity contribution in [3.8, 4) is 0 Å². The van der Waals surface area contributed by atoms with Crippen molar-refractivity contribution in [2.24, 2.45) is 0 Å². The summed E-state index contributed by atoms with van der Waals surface area (Å²) in [6.45, 7) is 0.591. The molecule has 0 fully saturated rings. The van der Waals surface area contributed by atoms with Crippen LogP contribution < -0.4 is 0 Å². The molecule has 4 heteroatoms. The lowest BCUT2D eigenvalue weighted by atomic mass is 10.1. The van der Waals surface area contributed by atoms with E-state index in [1.54, 1.807) is 10.9 Å². The van der Waals surface area contributed by atoms with Crippen molar-refractivity contribution in [1.82, 2.24) is 15.0 Å². The molecule has 0 amide bonds. The van der Waals surface area contributed by atoms with Gasteiger partial charge in [0.2, 0.25) is 0 Å². The highest BCUT2D eigenvalue weighted by Crippen LogP contribution is 2.07. The van der Waals surface area contributed by atoms with Gasteiger partial charge in [0.05, 0.1) is 25.0 Å². The summed E-state index contributed by atoms with van der Waals surface area (Å²) in [5.74, 6) is 0. The SMILES string of the molecule is OCCn1nncc1Cc1ccccc1. The predicted octanol–water partition coefficient (Wildman–Crippen LogP) is 0.861. The molecule has 0 radical (unpaired) electrons. The molecule has 0 aliphatic rings. The summed E-state index contributed by atoms with van der Waals surface area (Å²) in [6.07, 6.45) is 2.54. The number of hydrogen-bond acceptors (Lipinski definition) is 3. The molecular weight excluding hydrogens is 190 g/mol. The minimum Gasteiger partial charge on any atom is -0.394 e. The molecule has 0 aliphatic carbocycles. The van der Waals surface area contributed by atoms with Gasteiger partial charge in [-0.2, -0.15) is 0 Å². The van der Waals surface area contributed by atoms with Crippen molar-refractivity contribution in [2.75, 3.05) is 6.61 Å². The van der Waals surface area contributed by atoms with E-state index in [0.29, 0.717) is 6.54 Å². The summed E-state index contributed by atoms with van der Waals surface area (Å²) >= 11 is 0. The lowest BCUT2D eigenvalue weighted by Crippen LogP contribution is -2.08. The Bertz CT molecular complexity index is 411. The van der Waals surface area contributed by atoms with Gasteiger partial charge in [-0.15, -0.1) is 5.10 Å². The largest absolute Gasteiger partial charge is 0.394 e. The summed E-state index contributed by atoms with van der Waals surface area (Å²) in [5.41, 5.74) is 2.24. The van der Waals surface area contributed by atoms with E-state index in [1.807, 2.05) is 18.2 Å². The molecule has 4 nitrogen and oxygen atoms in total. The van der Waals surface area contributed by atoms with Crippen molar-refractivity contribution in [3.63, 3.8) is 0 Å².